The summed E-state index contributed by atoms with van der Waals surface area (Å²) in [7, 11) is 1.60. The van der Waals surface area contributed by atoms with Crippen LogP contribution in [0.1, 0.15) is 6.92 Å². The maximum Gasteiger partial charge on any atom is 0.245 e. The molecule has 1 aromatic rings. The van der Waals surface area contributed by atoms with Gasteiger partial charge in [0.25, 0.3) is 0 Å². The van der Waals surface area contributed by atoms with E-state index in [9.17, 15) is 4.79 Å². The fraction of sp³-hybridized carbons (Fsp3) is 0.273. The Morgan fingerprint density at radius 3 is 2.81 bits per heavy atom. The first-order valence-electron chi connectivity index (χ1n) is 4.82. The van der Waals surface area contributed by atoms with Gasteiger partial charge in [0.15, 0.2) is 0 Å². The lowest BCUT2D eigenvalue weighted by Crippen LogP contribution is -2.30. The van der Waals surface area contributed by atoms with E-state index in [1.807, 2.05) is 31.2 Å². The standard InChI is InChI=1S/C11H11NO2S2/c1-7-10(13)12(11(15)16-7)8-4-3-5-9(6-8)14-2/h3-7H,1-2H3. The van der Waals surface area contributed by atoms with Gasteiger partial charge in [0.2, 0.25) is 5.91 Å². The second-order valence-electron chi connectivity index (χ2n) is 3.40. The lowest BCUT2D eigenvalue weighted by atomic mass is 10.2. The smallest absolute Gasteiger partial charge is 0.245 e. The maximum absolute atomic E-state index is 11.9. The van der Waals surface area contributed by atoms with Gasteiger partial charge in [-0.25, -0.2) is 0 Å². The summed E-state index contributed by atoms with van der Waals surface area (Å²) < 4.78 is 5.73. The largest absolute Gasteiger partial charge is 0.497 e. The molecule has 0 aliphatic carbocycles. The number of thioether (sulfide) groups is 1. The van der Waals surface area contributed by atoms with Crippen molar-refractivity contribution in [1.82, 2.24) is 0 Å². The van der Waals surface area contributed by atoms with Crippen molar-refractivity contribution in [3.05, 3.63) is 24.3 Å². The van der Waals surface area contributed by atoms with Gasteiger partial charge in [0, 0.05) is 6.07 Å². The Morgan fingerprint density at radius 1 is 1.50 bits per heavy atom. The van der Waals surface area contributed by atoms with Gasteiger partial charge < -0.3 is 4.74 Å². The van der Waals surface area contributed by atoms with Crippen LogP contribution in [0.4, 0.5) is 5.69 Å². The molecule has 84 valence electrons. The van der Waals surface area contributed by atoms with E-state index in [0.717, 1.165) is 11.4 Å². The van der Waals surface area contributed by atoms with Crippen molar-refractivity contribution in [3.63, 3.8) is 0 Å². The highest BCUT2D eigenvalue weighted by Crippen LogP contribution is 2.32. The van der Waals surface area contributed by atoms with Crippen LogP contribution in [0.15, 0.2) is 24.3 Å². The van der Waals surface area contributed by atoms with E-state index in [-0.39, 0.29) is 11.2 Å². The van der Waals surface area contributed by atoms with Crippen LogP contribution in [-0.4, -0.2) is 22.6 Å². The topological polar surface area (TPSA) is 29.5 Å². The SMILES string of the molecule is COc1cccc(N2C(=O)C(C)SC2=S)c1. The molecule has 1 heterocycles. The van der Waals surface area contributed by atoms with Gasteiger partial charge >= 0.3 is 0 Å². The fourth-order valence-corrected chi connectivity index (χ4v) is 2.95. The van der Waals surface area contributed by atoms with Crippen molar-refractivity contribution < 1.29 is 9.53 Å². The zero-order chi connectivity index (χ0) is 11.7. The Hall–Kier alpha value is -1.07. The zero-order valence-corrected chi connectivity index (χ0v) is 10.6. The zero-order valence-electron chi connectivity index (χ0n) is 8.97. The molecular formula is C11H11NO2S2. The van der Waals surface area contributed by atoms with E-state index >= 15 is 0 Å². The lowest BCUT2D eigenvalue weighted by Gasteiger charge is -2.15. The third-order valence-electron chi connectivity index (χ3n) is 2.34. The predicted octanol–water partition coefficient (Wildman–Crippen LogP) is 2.45. The van der Waals surface area contributed by atoms with Crippen LogP contribution in [0.2, 0.25) is 0 Å². The van der Waals surface area contributed by atoms with Gasteiger partial charge in [-0.1, -0.05) is 30.0 Å². The Labute approximate surface area is 104 Å². The van der Waals surface area contributed by atoms with Crippen molar-refractivity contribution in [2.24, 2.45) is 0 Å². The molecule has 1 aliphatic rings. The normalized spacial score (nSPS) is 20.4. The number of carbonyl (C=O) groups is 1. The minimum atomic E-state index is -0.0984. The highest BCUT2D eigenvalue weighted by Gasteiger charge is 2.34. The highest BCUT2D eigenvalue weighted by molar-refractivity contribution is 8.25. The van der Waals surface area contributed by atoms with Gasteiger partial charge in [-0.15, -0.1) is 0 Å². The molecule has 1 aromatic carbocycles. The van der Waals surface area contributed by atoms with E-state index in [2.05, 4.69) is 0 Å². The molecular weight excluding hydrogens is 242 g/mol. The molecule has 0 saturated carbocycles. The van der Waals surface area contributed by atoms with Crippen LogP contribution >= 0.6 is 24.0 Å². The second kappa shape index (κ2) is 4.43. The third kappa shape index (κ3) is 1.92. The number of nitrogens with zero attached hydrogens (tertiary/aromatic N) is 1. The molecule has 1 aliphatic heterocycles. The Balaban J connectivity index is 2.36. The summed E-state index contributed by atoms with van der Waals surface area (Å²) in [6.45, 7) is 1.86. The first-order chi connectivity index (χ1) is 7.63. The number of anilines is 1. The molecule has 0 spiro atoms. The van der Waals surface area contributed by atoms with Crippen molar-refractivity contribution in [2.45, 2.75) is 12.2 Å². The molecule has 3 nitrogen and oxygen atoms in total. The average molecular weight is 253 g/mol. The molecule has 1 amide bonds. The van der Waals surface area contributed by atoms with Gasteiger partial charge in [0.1, 0.15) is 10.1 Å². The average Bonchev–Trinajstić information content (AvgIpc) is 2.53. The number of rotatable bonds is 2. The minimum Gasteiger partial charge on any atom is -0.497 e. The van der Waals surface area contributed by atoms with Gasteiger partial charge in [0.05, 0.1) is 18.0 Å². The molecule has 1 atom stereocenters. The van der Waals surface area contributed by atoms with E-state index in [0.29, 0.717) is 4.32 Å². The lowest BCUT2D eigenvalue weighted by molar-refractivity contribution is -0.116. The predicted molar refractivity (Wildman–Crippen MR) is 70.1 cm³/mol. The molecule has 0 radical (unpaired) electrons. The molecule has 5 heteroatoms. The Bertz CT molecular complexity index is 447. The molecule has 16 heavy (non-hydrogen) atoms. The van der Waals surface area contributed by atoms with Gasteiger partial charge in [-0.2, -0.15) is 0 Å². The van der Waals surface area contributed by atoms with E-state index in [1.165, 1.54) is 11.8 Å². The molecule has 0 N–H and O–H groups in total. The first-order valence-corrected chi connectivity index (χ1v) is 6.11. The number of thiocarbonyl (C=S) groups is 1. The van der Waals surface area contributed by atoms with E-state index in [1.54, 1.807) is 12.0 Å². The summed E-state index contributed by atoms with van der Waals surface area (Å²) in [6.07, 6.45) is 0. The Kier molecular flexibility index (Phi) is 3.16. The van der Waals surface area contributed by atoms with Crippen LogP contribution in [-0.2, 0) is 4.79 Å². The quantitative estimate of drug-likeness (QED) is 0.757. The molecule has 0 aromatic heterocycles. The number of methoxy groups -OCH3 is 1. The van der Waals surface area contributed by atoms with Crippen LogP contribution < -0.4 is 9.64 Å². The minimum absolute atomic E-state index is 0.0308. The first kappa shape index (κ1) is 11.4. The molecule has 1 fully saturated rings. The van der Waals surface area contributed by atoms with Gasteiger partial charge in [-0.3, -0.25) is 9.69 Å². The summed E-state index contributed by atoms with van der Waals surface area (Å²) in [4.78, 5) is 13.5. The summed E-state index contributed by atoms with van der Waals surface area (Å²) >= 11 is 6.60. The number of ether oxygens (including phenoxy) is 1. The second-order valence-corrected chi connectivity index (χ2v) is 5.38. The highest BCUT2D eigenvalue weighted by atomic mass is 32.2. The number of hydrogen-bond donors (Lipinski definition) is 0. The number of carbonyl (C=O) groups excluding carboxylic acids is 1. The summed E-state index contributed by atoms with van der Waals surface area (Å²) in [5.41, 5.74) is 0.770. The monoisotopic (exact) mass is 253 g/mol. The maximum atomic E-state index is 11.9. The van der Waals surface area contributed by atoms with Crippen molar-refractivity contribution in [3.8, 4) is 5.75 Å². The number of hydrogen-bond acceptors (Lipinski definition) is 4. The fourth-order valence-electron chi connectivity index (χ4n) is 1.51. The molecule has 0 bridgehead atoms. The third-order valence-corrected chi connectivity index (χ3v) is 3.75. The summed E-state index contributed by atoms with van der Waals surface area (Å²) in [6, 6.07) is 7.34. The number of amides is 1. The van der Waals surface area contributed by atoms with E-state index in [4.69, 9.17) is 17.0 Å². The molecule has 2 rings (SSSR count). The molecule has 1 saturated heterocycles. The summed E-state index contributed by atoms with van der Waals surface area (Å²) in [5.74, 6) is 0.751. The van der Waals surface area contributed by atoms with Crippen LogP contribution in [0.3, 0.4) is 0 Å². The summed E-state index contributed by atoms with van der Waals surface area (Å²) in [5, 5.41) is -0.0984. The number of benzene rings is 1. The van der Waals surface area contributed by atoms with Crippen LogP contribution in [0.25, 0.3) is 0 Å². The van der Waals surface area contributed by atoms with Crippen molar-refractivity contribution in [1.29, 1.82) is 0 Å². The van der Waals surface area contributed by atoms with Crippen LogP contribution in [0, 0.1) is 0 Å². The Morgan fingerprint density at radius 2 is 2.25 bits per heavy atom. The van der Waals surface area contributed by atoms with Crippen LogP contribution in [0.5, 0.6) is 5.75 Å². The van der Waals surface area contributed by atoms with Gasteiger partial charge in [-0.05, 0) is 19.1 Å². The van der Waals surface area contributed by atoms with E-state index < -0.39 is 0 Å². The molecule has 1 unspecified atom stereocenters. The van der Waals surface area contributed by atoms with Crippen molar-refractivity contribution in [2.75, 3.05) is 12.0 Å². The van der Waals surface area contributed by atoms with Crippen molar-refractivity contribution >= 4 is 39.9 Å².